The van der Waals surface area contributed by atoms with Crippen molar-refractivity contribution in [3.8, 4) is 0 Å². The van der Waals surface area contributed by atoms with E-state index in [1.165, 1.54) is 17.7 Å². The Morgan fingerprint density at radius 3 is 2.32 bits per heavy atom. The Hall–Kier alpha value is -2.28. The van der Waals surface area contributed by atoms with Gasteiger partial charge in [-0.3, -0.25) is 15.6 Å². The highest BCUT2D eigenvalue weighted by Gasteiger charge is 2.19. The summed E-state index contributed by atoms with van der Waals surface area (Å²) in [6.45, 7) is 3.02. The van der Waals surface area contributed by atoms with Gasteiger partial charge in [0.2, 0.25) is 0 Å². The first-order valence-electron chi connectivity index (χ1n) is 8.47. The molecule has 0 unspecified atom stereocenters. The summed E-state index contributed by atoms with van der Waals surface area (Å²) in [6.07, 6.45) is 0. The van der Waals surface area contributed by atoms with E-state index >= 15 is 0 Å². The van der Waals surface area contributed by atoms with Crippen molar-refractivity contribution in [2.24, 2.45) is 5.73 Å². The summed E-state index contributed by atoms with van der Waals surface area (Å²) in [5.74, 6) is 0.0689. The summed E-state index contributed by atoms with van der Waals surface area (Å²) in [5.41, 5.74) is 14.6. The molecule has 1 aliphatic heterocycles. The number of nitrogens with zero attached hydrogens (tertiary/aromatic N) is 1. The first kappa shape index (κ1) is 17.5. The van der Waals surface area contributed by atoms with Gasteiger partial charge in [-0.25, -0.2) is 4.39 Å². The number of hydrogen-bond donors (Lipinski definition) is 3. The monoisotopic (exact) mass is 342 g/mol. The van der Waals surface area contributed by atoms with Gasteiger partial charge in [0.05, 0.1) is 0 Å². The molecule has 4 N–H and O–H groups in total. The van der Waals surface area contributed by atoms with Gasteiger partial charge >= 0.3 is 0 Å². The molecular weight excluding hydrogens is 319 g/mol. The fourth-order valence-electron chi connectivity index (χ4n) is 3.00. The second-order valence-electron chi connectivity index (χ2n) is 6.22. The average molecular weight is 342 g/mol. The van der Waals surface area contributed by atoms with Crippen LogP contribution in [-0.2, 0) is 6.54 Å². The molecule has 1 saturated heterocycles. The quantitative estimate of drug-likeness (QED) is 0.746. The van der Waals surface area contributed by atoms with Gasteiger partial charge in [-0.1, -0.05) is 24.3 Å². The molecule has 25 heavy (non-hydrogen) atoms. The Balaban J connectivity index is 1.71. The predicted molar refractivity (Wildman–Crippen MR) is 95.4 cm³/mol. The van der Waals surface area contributed by atoms with Gasteiger partial charge in [0.1, 0.15) is 5.82 Å². The number of nitrogens with one attached hydrogen (secondary N) is 2. The third-order valence-corrected chi connectivity index (χ3v) is 4.42. The van der Waals surface area contributed by atoms with E-state index in [1.807, 2.05) is 24.3 Å². The van der Waals surface area contributed by atoms with Gasteiger partial charge in [-0.15, -0.1) is 0 Å². The van der Waals surface area contributed by atoms with Gasteiger partial charge in [0.15, 0.2) is 0 Å². The van der Waals surface area contributed by atoms with Gasteiger partial charge in [-0.2, -0.15) is 0 Å². The molecule has 132 valence electrons. The van der Waals surface area contributed by atoms with Gasteiger partial charge in [0, 0.05) is 44.2 Å². The number of hydrazine groups is 1. The van der Waals surface area contributed by atoms with E-state index < -0.39 is 0 Å². The summed E-state index contributed by atoms with van der Waals surface area (Å²) in [5, 5.41) is 0. The molecule has 0 bridgehead atoms. The molecule has 2 aromatic rings. The number of amides is 1. The van der Waals surface area contributed by atoms with Gasteiger partial charge in [-0.05, 0) is 35.4 Å². The van der Waals surface area contributed by atoms with Crippen LogP contribution >= 0.6 is 0 Å². The zero-order valence-corrected chi connectivity index (χ0v) is 14.0. The number of carbonyl (C=O) groups excluding carboxylic acids is 1. The van der Waals surface area contributed by atoms with E-state index in [1.54, 1.807) is 17.0 Å². The van der Waals surface area contributed by atoms with Crippen LogP contribution in [0.4, 0.5) is 4.39 Å². The summed E-state index contributed by atoms with van der Waals surface area (Å²) >= 11 is 0. The van der Waals surface area contributed by atoms with Crippen molar-refractivity contribution in [2.75, 3.05) is 26.2 Å². The first-order valence-corrected chi connectivity index (χ1v) is 8.47. The summed E-state index contributed by atoms with van der Waals surface area (Å²) in [7, 11) is 0. The van der Waals surface area contributed by atoms with Crippen LogP contribution in [0, 0.1) is 5.82 Å². The van der Waals surface area contributed by atoms with E-state index in [0.29, 0.717) is 31.1 Å². The van der Waals surface area contributed by atoms with Crippen LogP contribution < -0.4 is 16.6 Å². The van der Waals surface area contributed by atoms with Crippen LogP contribution in [0.1, 0.15) is 27.4 Å². The minimum absolute atomic E-state index is 0.0657. The molecule has 0 radical (unpaired) electrons. The maximum Gasteiger partial charge on any atom is 0.254 e. The van der Waals surface area contributed by atoms with E-state index in [9.17, 15) is 9.18 Å². The van der Waals surface area contributed by atoms with Crippen molar-refractivity contribution in [1.29, 1.82) is 0 Å². The number of rotatable bonds is 6. The molecular formula is C19H23FN4O. The van der Waals surface area contributed by atoms with Crippen molar-refractivity contribution >= 4 is 5.91 Å². The third kappa shape index (κ3) is 4.42. The van der Waals surface area contributed by atoms with Crippen molar-refractivity contribution in [3.05, 3.63) is 71.0 Å². The number of hydrogen-bond acceptors (Lipinski definition) is 4. The molecule has 3 rings (SSSR count). The van der Waals surface area contributed by atoms with Gasteiger partial charge in [0.25, 0.3) is 5.91 Å². The van der Waals surface area contributed by atoms with Crippen molar-refractivity contribution < 1.29 is 9.18 Å². The lowest BCUT2D eigenvalue weighted by molar-refractivity contribution is 0.0748. The van der Waals surface area contributed by atoms with E-state index in [2.05, 4.69) is 10.9 Å². The van der Waals surface area contributed by atoms with Crippen LogP contribution in [0.5, 0.6) is 0 Å². The van der Waals surface area contributed by atoms with Crippen molar-refractivity contribution in [1.82, 2.24) is 15.8 Å². The minimum atomic E-state index is -0.285. The molecule has 2 aromatic carbocycles. The fraction of sp³-hybridized carbons (Fsp3) is 0.316. The minimum Gasteiger partial charge on any atom is -0.333 e. The number of benzene rings is 2. The zero-order valence-electron chi connectivity index (χ0n) is 14.0. The van der Waals surface area contributed by atoms with Gasteiger partial charge < -0.3 is 10.6 Å². The highest BCUT2D eigenvalue weighted by atomic mass is 19.1. The van der Waals surface area contributed by atoms with Crippen molar-refractivity contribution in [2.45, 2.75) is 12.5 Å². The SMILES string of the molecule is NCCN(Cc1ccc(F)cc1)C(=O)c1ccc(C2CNNC2)cc1. The maximum absolute atomic E-state index is 13.1. The average Bonchev–Trinajstić information content (AvgIpc) is 3.17. The summed E-state index contributed by atoms with van der Waals surface area (Å²) < 4.78 is 13.1. The molecule has 0 atom stereocenters. The Kier molecular flexibility index (Phi) is 5.75. The molecule has 0 aliphatic carbocycles. The lowest BCUT2D eigenvalue weighted by atomic mass is 9.99. The molecule has 5 nitrogen and oxygen atoms in total. The lowest BCUT2D eigenvalue weighted by Gasteiger charge is -2.22. The number of halogens is 1. The lowest BCUT2D eigenvalue weighted by Crippen LogP contribution is -2.34. The van der Waals surface area contributed by atoms with Crippen LogP contribution in [0.2, 0.25) is 0 Å². The fourth-order valence-corrected chi connectivity index (χ4v) is 3.00. The topological polar surface area (TPSA) is 70.4 Å². The van der Waals surface area contributed by atoms with E-state index in [-0.39, 0.29) is 11.7 Å². The zero-order chi connectivity index (χ0) is 17.6. The van der Waals surface area contributed by atoms with E-state index in [4.69, 9.17) is 5.73 Å². The number of nitrogens with two attached hydrogens (primary N) is 1. The summed E-state index contributed by atoms with van der Waals surface area (Å²) in [6, 6.07) is 13.9. The molecule has 6 heteroatoms. The normalized spacial score (nSPS) is 14.6. The Morgan fingerprint density at radius 1 is 1.08 bits per heavy atom. The highest BCUT2D eigenvalue weighted by Crippen LogP contribution is 2.18. The smallest absolute Gasteiger partial charge is 0.254 e. The van der Waals surface area contributed by atoms with E-state index in [0.717, 1.165) is 18.7 Å². The molecule has 0 spiro atoms. The van der Waals surface area contributed by atoms with Crippen LogP contribution in [0.25, 0.3) is 0 Å². The van der Waals surface area contributed by atoms with Crippen LogP contribution in [0.15, 0.2) is 48.5 Å². The first-order chi connectivity index (χ1) is 12.2. The summed E-state index contributed by atoms with van der Waals surface area (Å²) in [4.78, 5) is 14.5. The molecule has 1 aliphatic rings. The molecule has 1 amide bonds. The van der Waals surface area contributed by atoms with Crippen LogP contribution in [0.3, 0.4) is 0 Å². The predicted octanol–water partition coefficient (Wildman–Crippen LogP) is 1.62. The van der Waals surface area contributed by atoms with Crippen molar-refractivity contribution in [3.63, 3.8) is 0 Å². The molecule has 1 heterocycles. The third-order valence-electron chi connectivity index (χ3n) is 4.42. The highest BCUT2D eigenvalue weighted by molar-refractivity contribution is 5.94. The molecule has 0 aromatic heterocycles. The molecule has 0 saturated carbocycles. The standard InChI is InChI=1S/C19H23FN4O/c20-18-7-1-14(2-8-18)13-24(10-9-21)19(25)16-5-3-15(4-6-16)17-11-22-23-12-17/h1-8,17,22-23H,9-13,21H2. The molecule has 1 fully saturated rings. The Morgan fingerprint density at radius 2 is 1.72 bits per heavy atom. The largest absolute Gasteiger partial charge is 0.333 e. The van der Waals surface area contributed by atoms with Crippen LogP contribution in [-0.4, -0.2) is 37.0 Å². The number of carbonyl (C=O) groups is 1. The maximum atomic E-state index is 13.1. The second-order valence-corrected chi connectivity index (χ2v) is 6.22. The Labute approximate surface area is 147 Å². The Bertz CT molecular complexity index is 696. The second kappa shape index (κ2) is 8.20.